The molecular formula is C30H32N4O5S. The van der Waals surface area contributed by atoms with Gasteiger partial charge in [0.05, 0.1) is 19.3 Å². The van der Waals surface area contributed by atoms with Crippen molar-refractivity contribution in [3.63, 3.8) is 0 Å². The molecule has 10 heteroatoms. The molecule has 1 atom stereocenters. The molecule has 208 valence electrons. The topological polar surface area (TPSA) is 99.3 Å². The van der Waals surface area contributed by atoms with E-state index >= 15 is 0 Å². The highest BCUT2D eigenvalue weighted by Crippen LogP contribution is 2.23. The predicted molar refractivity (Wildman–Crippen MR) is 154 cm³/mol. The molecule has 0 aromatic heterocycles. The van der Waals surface area contributed by atoms with Crippen LogP contribution >= 0.6 is 0 Å². The van der Waals surface area contributed by atoms with Gasteiger partial charge in [0.15, 0.2) is 0 Å². The third kappa shape index (κ3) is 6.35. The van der Waals surface area contributed by atoms with Gasteiger partial charge >= 0.3 is 0 Å². The summed E-state index contributed by atoms with van der Waals surface area (Å²) < 4.78 is 34.0. The summed E-state index contributed by atoms with van der Waals surface area (Å²) in [5.74, 6) is 6.45. The molecule has 1 N–H and O–H groups in total. The molecule has 0 saturated carbocycles. The lowest BCUT2D eigenvalue weighted by molar-refractivity contribution is -0.108. The minimum atomic E-state index is -3.69. The normalized spacial score (nSPS) is 17.2. The smallest absolute Gasteiger partial charge is 0.280 e. The van der Waals surface area contributed by atoms with Gasteiger partial charge in [-0.2, -0.15) is 17.4 Å². The Balaban J connectivity index is 1.26. The Kier molecular flexibility index (Phi) is 8.47. The maximum absolute atomic E-state index is 13.2. The fourth-order valence-corrected chi connectivity index (χ4v) is 6.22. The maximum Gasteiger partial charge on any atom is 0.280 e. The average Bonchev–Trinajstić information content (AvgIpc) is 2.99. The van der Waals surface area contributed by atoms with Crippen molar-refractivity contribution in [3.8, 4) is 11.8 Å². The van der Waals surface area contributed by atoms with Gasteiger partial charge in [-0.25, -0.2) is 0 Å². The van der Waals surface area contributed by atoms with E-state index in [1.54, 1.807) is 0 Å². The van der Waals surface area contributed by atoms with Crippen LogP contribution in [0.3, 0.4) is 0 Å². The van der Waals surface area contributed by atoms with Crippen LogP contribution in [0.2, 0.25) is 0 Å². The Bertz CT molecular complexity index is 1550. The van der Waals surface area contributed by atoms with Gasteiger partial charge in [0, 0.05) is 61.6 Å². The van der Waals surface area contributed by atoms with Gasteiger partial charge in [-0.05, 0) is 60.2 Å². The fourth-order valence-electron chi connectivity index (χ4n) is 4.90. The molecule has 0 unspecified atom stereocenters. The van der Waals surface area contributed by atoms with Crippen molar-refractivity contribution in [2.45, 2.75) is 13.0 Å². The number of carbonyl (C=O) groups is 2. The highest BCUT2D eigenvalue weighted by atomic mass is 32.2. The number of morpholine rings is 1. The molecule has 9 nitrogen and oxygen atoms in total. The number of piperazine rings is 1. The zero-order valence-electron chi connectivity index (χ0n) is 22.4. The number of fused-ring (bicyclic) bond motifs is 1. The maximum atomic E-state index is 13.2. The second-order valence-electron chi connectivity index (χ2n) is 9.88. The van der Waals surface area contributed by atoms with E-state index in [1.807, 2.05) is 65.6 Å². The van der Waals surface area contributed by atoms with E-state index in [0.29, 0.717) is 64.3 Å². The van der Waals surface area contributed by atoms with Crippen molar-refractivity contribution in [1.82, 2.24) is 13.9 Å². The number of hydrogen-bond acceptors (Lipinski definition) is 6. The lowest BCUT2D eigenvalue weighted by Gasteiger charge is -2.35. The van der Waals surface area contributed by atoms with E-state index in [2.05, 4.69) is 21.5 Å². The number of anilines is 1. The largest absolute Gasteiger partial charge is 0.378 e. The molecule has 3 aromatic carbocycles. The summed E-state index contributed by atoms with van der Waals surface area (Å²) in [6.07, 6.45) is 0.573. The molecule has 5 rings (SSSR count). The zero-order valence-corrected chi connectivity index (χ0v) is 23.2. The Morgan fingerprint density at radius 1 is 0.925 bits per heavy atom. The summed E-state index contributed by atoms with van der Waals surface area (Å²) in [5.41, 5.74) is 3.35. The zero-order chi connectivity index (χ0) is 28.1. The van der Waals surface area contributed by atoms with Gasteiger partial charge in [0.25, 0.3) is 16.1 Å². The molecule has 2 saturated heterocycles. The van der Waals surface area contributed by atoms with Crippen LogP contribution in [0.1, 0.15) is 28.4 Å². The van der Waals surface area contributed by atoms with Crippen molar-refractivity contribution in [1.29, 1.82) is 0 Å². The number of benzene rings is 3. The number of ether oxygens (including phenoxy) is 1. The highest BCUT2D eigenvalue weighted by Gasteiger charge is 2.28. The van der Waals surface area contributed by atoms with Crippen molar-refractivity contribution in [2.24, 2.45) is 0 Å². The lowest BCUT2D eigenvalue weighted by atomic mass is 10.0. The van der Waals surface area contributed by atoms with Crippen LogP contribution in [0.15, 0.2) is 60.7 Å². The van der Waals surface area contributed by atoms with Gasteiger partial charge < -0.3 is 19.3 Å². The first-order chi connectivity index (χ1) is 19.3. The van der Waals surface area contributed by atoms with Crippen molar-refractivity contribution >= 4 is 38.9 Å². The Morgan fingerprint density at radius 2 is 1.60 bits per heavy atom. The molecule has 2 aliphatic heterocycles. The molecule has 2 heterocycles. The molecule has 40 heavy (non-hydrogen) atoms. The fraction of sp³-hybridized carbons (Fsp3) is 0.333. The van der Waals surface area contributed by atoms with Crippen LogP contribution in [0.4, 0.5) is 5.69 Å². The third-order valence-corrected chi connectivity index (χ3v) is 8.83. The van der Waals surface area contributed by atoms with Gasteiger partial charge in [-0.15, -0.1) is 0 Å². The van der Waals surface area contributed by atoms with E-state index in [4.69, 9.17) is 4.74 Å². The summed E-state index contributed by atoms with van der Waals surface area (Å²) in [6, 6.07) is 18.8. The number of nitrogens with one attached hydrogen (secondary N) is 1. The number of amides is 1. The highest BCUT2D eigenvalue weighted by molar-refractivity contribution is 7.87. The van der Waals surface area contributed by atoms with Gasteiger partial charge in [-0.3, -0.25) is 4.79 Å². The quantitative estimate of drug-likeness (QED) is 0.367. The first kappa shape index (κ1) is 27.8. The van der Waals surface area contributed by atoms with E-state index < -0.39 is 16.3 Å². The van der Waals surface area contributed by atoms with E-state index in [9.17, 15) is 18.0 Å². The van der Waals surface area contributed by atoms with Crippen molar-refractivity contribution in [3.05, 3.63) is 77.4 Å². The van der Waals surface area contributed by atoms with Crippen molar-refractivity contribution < 1.29 is 22.7 Å². The first-order valence-electron chi connectivity index (χ1n) is 13.3. The van der Waals surface area contributed by atoms with Crippen LogP contribution in [-0.2, 0) is 19.7 Å². The predicted octanol–water partition coefficient (Wildman–Crippen LogP) is 2.26. The van der Waals surface area contributed by atoms with Crippen LogP contribution in [0.25, 0.3) is 10.8 Å². The molecule has 1 amide bonds. The number of aldehydes is 1. The summed E-state index contributed by atoms with van der Waals surface area (Å²) >= 11 is 0. The Morgan fingerprint density at radius 3 is 2.30 bits per heavy atom. The van der Waals surface area contributed by atoms with E-state index in [0.717, 1.165) is 27.6 Å². The van der Waals surface area contributed by atoms with Crippen LogP contribution < -0.4 is 9.62 Å². The van der Waals surface area contributed by atoms with Crippen LogP contribution in [-0.4, -0.2) is 88.3 Å². The summed E-state index contributed by atoms with van der Waals surface area (Å²) in [5, 5.41) is 1.88. The van der Waals surface area contributed by atoms with E-state index in [1.165, 1.54) is 11.2 Å². The number of rotatable bonds is 6. The molecule has 2 aliphatic rings. The van der Waals surface area contributed by atoms with Crippen molar-refractivity contribution in [2.75, 3.05) is 57.4 Å². The average molecular weight is 561 g/mol. The van der Waals surface area contributed by atoms with Gasteiger partial charge in [0.1, 0.15) is 6.29 Å². The minimum absolute atomic E-state index is 0.0137. The summed E-state index contributed by atoms with van der Waals surface area (Å²) in [7, 11) is -3.69. The summed E-state index contributed by atoms with van der Waals surface area (Å²) in [6.45, 7) is 5.58. The summed E-state index contributed by atoms with van der Waals surface area (Å²) in [4.78, 5) is 28.0. The Labute approximate surface area is 234 Å². The number of hydrogen-bond donors (Lipinski definition) is 1. The second kappa shape index (κ2) is 12.2. The minimum Gasteiger partial charge on any atom is -0.378 e. The first-order valence-corrected chi connectivity index (χ1v) is 14.8. The molecule has 3 aromatic rings. The standard InChI is InChI=1S/C30H32N4O5S/c1-23(22-35)31-40(37,38)34-15-13-32(14-16-34)27-11-8-24(9-12-27)5-6-25-7-10-26-3-2-4-28(29(26)21-25)30(36)33-17-19-39-20-18-33/h2-4,7-12,21-23,31H,13-20H2,1H3/t23-/m1/s1. The molecule has 0 spiro atoms. The molecule has 0 bridgehead atoms. The number of carbonyl (C=O) groups excluding carboxylic acids is 2. The Hall–Kier alpha value is -3.75. The second-order valence-corrected chi connectivity index (χ2v) is 11.6. The SMILES string of the molecule is C[C@H](C=O)NS(=O)(=O)N1CCN(c2ccc(C#Cc3ccc4cccc(C(=O)N5CCOCC5)c4c3)cc2)CC1. The number of nitrogens with zero attached hydrogens (tertiary/aromatic N) is 3. The molecule has 2 fully saturated rings. The lowest BCUT2D eigenvalue weighted by Crippen LogP contribution is -2.53. The van der Waals surface area contributed by atoms with Crippen LogP contribution in [0, 0.1) is 11.8 Å². The van der Waals surface area contributed by atoms with E-state index in [-0.39, 0.29) is 5.91 Å². The monoisotopic (exact) mass is 560 g/mol. The van der Waals surface area contributed by atoms with Gasteiger partial charge in [-0.1, -0.05) is 30.0 Å². The molecule has 0 aliphatic carbocycles. The molecular weight excluding hydrogens is 528 g/mol. The van der Waals surface area contributed by atoms with Crippen LogP contribution in [0.5, 0.6) is 0 Å². The van der Waals surface area contributed by atoms with Gasteiger partial charge in [0.2, 0.25) is 0 Å². The third-order valence-electron chi connectivity index (χ3n) is 7.11. The molecule has 0 radical (unpaired) electrons.